The van der Waals surface area contributed by atoms with Gasteiger partial charge in [-0.25, -0.2) is 0 Å². The summed E-state index contributed by atoms with van der Waals surface area (Å²) in [6.07, 6.45) is 2.57. The first-order valence-corrected chi connectivity index (χ1v) is 8.77. The van der Waals surface area contributed by atoms with Gasteiger partial charge in [0.2, 0.25) is 0 Å². The largest absolute Gasteiger partial charge is 0.287 e. The van der Waals surface area contributed by atoms with E-state index >= 15 is 0 Å². The van der Waals surface area contributed by atoms with Crippen LogP contribution in [0.3, 0.4) is 0 Å². The molecular weight excluding hydrogens is 392 g/mol. The topological polar surface area (TPSA) is 109 Å². The Morgan fingerprint density at radius 2 is 1.06 bits per heavy atom. The molecule has 2 N–H and O–H groups in total. The highest BCUT2D eigenvalue weighted by Crippen LogP contribution is 1.87. The number of halogens is 2. The molecule has 0 spiro atoms. The van der Waals surface area contributed by atoms with Gasteiger partial charge in [0.15, 0.2) is 0 Å². The molecule has 0 aromatic rings. The average Bonchev–Trinajstić information content (AvgIpc) is 2.10. The fourth-order valence-electron chi connectivity index (χ4n) is 0.316. The van der Waals surface area contributed by atoms with Gasteiger partial charge in [-0.3, -0.25) is 9.11 Å². The van der Waals surface area contributed by atoms with Gasteiger partial charge in [-0.05, 0) is 0 Å². The highest BCUT2D eigenvalue weighted by molar-refractivity contribution is 9.09. The third-order valence-corrected chi connectivity index (χ3v) is 2.53. The predicted molar refractivity (Wildman–Crippen MR) is 69.0 cm³/mol. The summed E-state index contributed by atoms with van der Waals surface area (Å²) >= 11 is 5.88. The lowest BCUT2D eigenvalue weighted by atomic mass is 10.8. The first-order chi connectivity index (χ1) is 7.12. The Bertz CT molecular complexity index is 380. The second kappa shape index (κ2) is 9.31. The Kier molecular flexibility index (Phi) is 10.8. The van der Waals surface area contributed by atoms with E-state index in [1.165, 1.54) is 12.2 Å². The Labute approximate surface area is 111 Å². The summed E-state index contributed by atoms with van der Waals surface area (Å²) in [6.45, 7) is 0. The SMILES string of the molecule is O=S(=O)(O)C=CCBr.O=S(=O)(O)C=CCBr. The molecule has 0 aromatic heterocycles. The van der Waals surface area contributed by atoms with Gasteiger partial charge in [0.1, 0.15) is 0 Å². The van der Waals surface area contributed by atoms with E-state index in [0.717, 1.165) is 10.8 Å². The van der Waals surface area contributed by atoms with Crippen LogP contribution in [0, 0.1) is 0 Å². The van der Waals surface area contributed by atoms with Crippen LogP contribution in [0.5, 0.6) is 0 Å². The van der Waals surface area contributed by atoms with Crippen molar-refractivity contribution in [1.29, 1.82) is 0 Å². The number of hydrogen-bond acceptors (Lipinski definition) is 4. The van der Waals surface area contributed by atoms with E-state index in [1.54, 1.807) is 0 Å². The first kappa shape index (κ1) is 18.6. The van der Waals surface area contributed by atoms with Gasteiger partial charge in [0.05, 0.1) is 10.8 Å². The van der Waals surface area contributed by atoms with Gasteiger partial charge in [-0.1, -0.05) is 44.0 Å². The molecule has 0 aliphatic rings. The van der Waals surface area contributed by atoms with Gasteiger partial charge in [0, 0.05) is 10.7 Å². The molecule has 6 nitrogen and oxygen atoms in total. The molecule has 0 saturated heterocycles. The van der Waals surface area contributed by atoms with Crippen molar-refractivity contribution in [2.75, 3.05) is 10.7 Å². The molecule has 16 heavy (non-hydrogen) atoms. The van der Waals surface area contributed by atoms with Crippen LogP contribution in [0.15, 0.2) is 23.0 Å². The van der Waals surface area contributed by atoms with E-state index in [-0.39, 0.29) is 0 Å². The number of allylic oxidation sites excluding steroid dienone is 2. The van der Waals surface area contributed by atoms with E-state index in [9.17, 15) is 16.8 Å². The number of hydrogen-bond donors (Lipinski definition) is 2. The minimum absolute atomic E-state index is 0.423. The van der Waals surface area contributed by atoms with Gasteiger partial charge in [-0.15, -0.1) is 0 Å². The molecule has 10 heteroatoms. The zero-order chi connectivity index (χ0) is 13.2. The Hall–Kier alpha value is 0.260. The second-order valence-corrected chi connectivity index (χ2v) is 5.98. The van der Waals surface area contributed by atoms with Crippen molar-refractivity contribution in [3.63, 3.8) is 0 Å². The molecule has 0 aromatic carbocycles. The molecule has 0 rings (SSSR count). The summed E-state index contributed by atoms with van der Waals surface area (Å²) in [5, 5.41) is 2.29. The minimum atomic E-state index is -3.90. The number of alkyl halides is 2. The summed E-state index contributed by atoms with van der Waals surface area (Å²) in [6, 6.07) is 0. The van der Waals surface area contributed by atoms with Crippen molar-refractivity contribution in [3.8, 4) is 0 Å². The van der Waals surface area contributed by atoms with Crippen LogP contribution in [0.1, 0.15) is 0 Å². The summed E-state index contributed by atoms with van der Waals surface area (Å²) in [4.78, 5) is 0. The molecule has 0 saturated carbocycles. The third-order valence-electron chi connectivity index (χ3n) is 0.715. The van der Waals surface area contributed by atoms with Crippen molar-refractivity contribution < 1.29 is 25.9 Å². The van der Waals surface area contributed by atoms with Crippen LogP contribution in [0.2, 0.25) is 0 Å². The van der Waals surface area contributed by atoms with Crippen molar-refractivity contribution in [2.45, 2.75) is 0 Å². The van der Waals surface area contributed by atoms with Crippen LogP contribution < -0.4 is 0 Å². The van der Waals surface area contributed by atoms with Gasteiger partial charge < -0.3 is 0 Å². The zero-order valence-electron chi connectivity index (χ0n) is 7.82. The highest BCUT2D eigenvalue weighted by atomic mass is 79.9. The lowest BCUT2D eigenvalue weighted by molar-refractivity contribution is 0.492. The van der Waals surface area contributed by atoms with E-state index in [0.29, 0.717) is 10.7 Å². The summed E-state index contributed by atoms with van der Waals surface area (Å²) in [5.74, 6) is 0. The fraction of sp³-hybridized carbons (Fsp3) is 0.333. The molecule has 0 fully saturated rings. The molecular formula is C6H10Br2O6S2. The monoisotopic (exact) mass is 400 g/mol. The molecule has 0 atom stereocenters. The molecule has 0 amide bonds. The molecule has 96 valence electrons. The highest BCUT2D eigenvalue weighted by Gasteiger charge is 1.92. The van der Waals surface area contributed by atoms with Gasteiger partial charge in [0.25, 0.3) is 20.2 Å². The van der Waals surface area contributed by atoms with E-state index in [2.05, 4.69) is 31.9 Å². The molecule has 0 radical (unpaired) electrons. The predicted octanol–water partition coefficient (Wildman–Crippen LogP) is 1.57. The lowest BCUT2D eigenvalue weighted by Crippen LogP contribution is -1.88. The molecule has 0 bridgehead atoms. The normalized spacial score (nSPS) is 12.8. The molecule has 0 unspecified atom stereocenters. The maximum atomic E-state index is 9.84. The van der Waals surface area contributed by atoms with Crippen LogP contribution >= 0.6 is 31.9 Å². The molecule has 0 aliphatic carbocycles. The molecule has 0 heterocycles. The quantitative estimate of drug-likeness (QED) is 0.546. The average molecular weight is 402 g/mol. The smallest absolute Gasteiger partial charge is 0.282 e. The first-order valence-electron chi connectivity index (χ1n) is 3.52. The van der Waals surface area contributed by atoms with Crippen molar-refractivity contribution in [2.24, 2.45) is 0 Å². The minimum Gasteiger partial charge on any atom is -0.282 e. The van der Waals surface area contributed by atoms with Gasteiger partial charge >= 0.3 is 0 Å². The van der Waals surface area contributed by atoms with Crippen LogP contribution in [-0.2, 0) is 20.2 Å². The summed E-state index contributed by atoms with van der Waals surface area (Å²) in [5.41, 5.74) is 0. The maximum Gasteiger partial charge on any atom is 0.287 e. The zero-order valence-corrected chi connectivity index (χ0v) is 12.6. The van der Waals surface area contributed by atoms with E-state index < -0.39 is 20.2 Å². The standard InChI is InChI=1S/2C3H5BrO3S/c2*4-2-1-3-8(5,6)7/h2*1,3H,2H2,(H,5,6,7). The maximum absolute atomic E-state index is 9.84. The van der Waals surface area contributed by atoms with E-state index in [4.69, 9.17) is 9.11 Å². The summed E-state index contributed by atoms with van der Waals surface area (Å²) in [7, 11) is -7.79. The third kappa shape index (κ3) is 23.8. The Balaban J connectivity index is 0. The lowest BCUT2D eigenvalue weighted by Gasteiger charge is -1.78. The Morgan fingerprint density at radius 1 is 0.812 bits per heavy atom. The van der Waals surface area contributed by atoms with Gasteiger partial charge in [-0.2, -0.15) is 16.8 Å². The van der Waals surface area contributed by atoms with Crippen LogP contribution in [0.25, 0.3) is 0 Å². The van der Waals surface area contributed by atoms with Crippen molar-refractivity contribution in [1.82, 2.24) is 0 Å². The number of rotatable bonds is 4. The molecule has 0 aliphatic heterocycles. The van der Waals surface area contributed by atoms with E-state index in [1.807, 2.05) is 0 Å². The second-order valence-electron chi connectivity index (χ2n) is 2.08. The van der Waals surface area contributed by atoms with Crippen molar-refractivity contribution in [3.05, 3.63) is 23.0 Å². The summed E-state index contributed by atoms with van der Waals surface area (Å²) < 4.78 is 55.4. The Morgan fingerprint density at radius 3 is 1.12 bits per heavy atom. The van der Waals surface area contributed by atoms with Crippen molar-refractivity contribution >= 4 is 52.1 Å². The van der Waals surface area contributed by atoms with Crippen LogP contribution in [0.4, 0.5) is 0 Å². The fourth-order valence-corrected chi connectivity index (χ4v) is 1.86. The van der Waals surface area contributed by atoms with Crippen LogP contribution in [-0.4, -0.2) is 36.6 Å².